The minimum atomic E-state index is -0.802. The van der Waals surface area contributed by atoms with Crippen LogP contribution in [0.5, 0.6) is 0 Å². The van der Waals surface area contributed by atoms with Crippen molar-refractivity contribution in [2.75, 3.05) is 18.5 Å². The number of amides is 3. The smallest absolute Gasteiger partial charge is 0.248 e. The number of hydrogen-bond donors (Lipinski definition) is 3. The average Bonchev–Trinajstić information content (AvgIpc) is 3.52. The van der Waals surface area contributed by atoms with Crippen LogP contribution in [0.25, 0.3) is 0 Å². The molecule has 2 bridgehead atoms. The van der Waals surface area contributed by atoms with Crippen molar-refractivity contribution < 1.29 is 19.5 Å². The molecule has 0 saturated carbocycles. The SMILES string of the molecule is CCCNC(=O)[C@@H]1[C@@H]2CC(C)C3(S2)C(C(=O)Nc2c(C)cccc2C)N([C@@H](CO)Cc2ccccc2)C(=O)[C@H]13. The number of aryl methyl sites for hydroxylation is 2. The monoisotopic (exact) mass is 549 g/mol. The van der Waals surface area contributed by atoms with E-state index in [4.69, 9.17) is 0 Å². The maximum Gasteiger partial charge on any atom is 0.248 e. The molecule has 2 aromatic carbocycles. The molecule has 8 heteroatoms. The van der Waals surface area contributed by atoms with E-state index in [1.165, 1.54) is 0 Å². The van der Waals surface area contributed by atoms with E-state index in [9.17, 15) is 19.5 Å². The van der Waals surface area contributed by atoms with E-state index in [0.29, 0.717) is 13.0 Å². The van der Waals surface area contributed by atoms with Crippen LogP contribution in [0.4, 0.5) is 5.69 Å². The summed E-state index contributed by atoms with van der Waals surface area (Å²) in [6, 6.07) is 14.2. The molecule has 3 N–H and O–H groups in total. The van der Waals surface area contributed by atoms with Gasteiger partial charge in [0.2, 0.25) is 17.7 Å². The van der Waals surface area contributed by atoms with Crippen LogP contribution in [0.3, 0.4) is 0 Å². The van der Waals surface area contributed by atoms with Gasteiger partial charge in [-0.15, -0.1) is 11.8 Å². The molecule has 2 aromatic rings. The minimum absolute atomic E-state index is 0.00912. The Bertz CT molecular complexity index is 1230. The topological polar surface area (TPSA) is 98.7 Å². The van der Waals surface area contributed by atoms with Gasteiger partial charge in [-0.3, -0.25) is 14.4 Å². The lowest BCUT2D eigenvalue weighted by Gasteiger charge is -2.40. The Morgan fingerprint density at radius 1 is 1.10 bits per heavy atom. The number of carbonyl (C=O) groups excluding carboxylic acids is 3. The van der Waals surface area contributed by atoms with Gasteiger partial charge in [0.15, 0.2) is 0 Å². The highest BCUT2D eigenvalue weighted by atomic mass is 32.2. The zero-order chi connectivity index (χ0) is 27.9. The molecule has 208 valence electrons. The molecule has 3 saturated heterocycles. The fourth-order valence-corrected chi connectivity index (χ4v) is 9.57. The summed E-state index contributed by atoms with van der Waals surface area (Å²) >= 11 is 1.66. The Morgan fingerprint density at radius 2 is 1.79 bits per heavy atom. The number of thioether (sulfide) groups is 1. The van der Waals surface area contributed by atoms with E-state index in [1.807, 2.05) is 69.3 Å². The molecular formula is C31H39N3O4S. The normalized spacial score (nSPS) is 29.8. The number of nitrogens with zero attached hydrogens (tertiary/aromatic N) is 1. The third-order valence-electron chi connectivity index (χ3n) is 8.93. The first kappa shape index (κ1) is 27.7. The number of hydrogen-bond acceptors (Lipinski definition) is 5. The van der Waals surface area contributed by atoms with Crippen LogP contribution in [-0.4, -0.2) is 63.0 Å². The molecule has 7 atom stereocenters. The Morgan fingerprint density at radius 3 is 2.44 bits per heavy atom. The van der Waals surface area contributed by atoms with Crippen LogP contribution in [0.2, 0.25) is 0 Å². The molecule has 3 unspecified atom stereocenters. The summed E-state index contributed by atoms with van der Waals surface area (Å²) < 4.78 is -0.735. The summed E-state index contributed by atoms with van der Waals surface area (Å²) in [7, 11) is 0. The van der Waals surface area contributed by atoms with Gasteiger partial charge >= 0.3 is 0 Å². The molecule has 3 heterocycles. The highest BCUT2D eigenvalue weighted by Gasteiger charge is 2.76. The van der Waals surface area contributed by atoms with Gasteiger partial charge < -0.3 is 20.6 Å². The molecule has 0 aromatic heterocycles. The first-order chi connectivity index (χ1) is 18.7. The fraction of sp³-hybridized carbons (Fsp3) is 0.516. The van der Waals surface area contributed by atoms with Crippen molar-refractivity contribution in [2.45, 2.75) is 69.0 Å². The summed E-state index contributed by atoms with van der Waals surface area (Å²) in [5, 5.41) is 16.8. The first-order valence-corrected chi connectivity index (χ1v) is 14.9. The number of anilines is 1. The second-order valence-electron chi connectivity index (χ2n) is 11.4. The summed E-state index contributed by atoms with van der Waals surface area (Å²) in [6.45, 7) is 8.32. The molecule has 39 heavy (non-hydrogen) atoms. The van der Waals surface area contributed by atoms with Crippen molar-refractivity contribution in [1.82, 2.24) is 10.2 Å². The van der Waals surface area contributed by atoms with Gasteiger partial charge in [0.25, 0.3) is 0 Å². The molecule has 3 aliphatic heterocycles. The number of nitrogens with one attached hydrogen (secondary N) is 2. The van der Waals surface area contributed by atoms with E-state index < -0.39 is 28.7 Å². The van der Waals surface area contributed by atoms with Crippen LogP contribution >= 0.6 is 11.8 Å². The van der Waals surface area contributed by atoms with Gasteiger partial charge in [-0.2, -0.15) is 0 Å². The van der Waals surface area contributed by atoms with Gasteiger partial charge in [-0.05, 0) is 55.7 Å². The number of benzene rings is 2. The summed E-state index contributed by atoms with van der Waals surface area (Å²) in [4.78, 5) is 43.9. The minimum Gasteiger partial charge on any atom is -0.394 e. The lowest BCUT2D eigenvalue weighted by Crippen LogP contribution is -2.57. The Hall–Kier alpha value is -2.84. The zero-order valence-corrected chi connectivity index (χ0v) is 24.0. The largest absolute Gasteiger partial charge is 0.394 e. The number of aliphatic hydroxyl groups is 1. The number of rotatable bonds is 9. The van der Waals surface area contributed by atoms with Crippen LogP contribution in [0.15, 0.2) is 48.5 Å². The molecule has 3 aliphatic rings. The van der Waals surface area contributed by atoms with Crippen molar-refractivity contribution >= 4 is 35.2 Å². The molecule has 5 rings (SSSR count). The van der Waals surface area contributed by atoms with Gasteiger partial charge in [0.05, 0.1) is 29.2 Å². The maximum absolute atomic E-state index is 14.4. The molecule has 3 amide bonds. The molecule has 3 fully saturated rings. The third kappa shape index (κ3) is 4.55. The highest BCUT2D eigenvalue weighted by molar-refractivity contribution is 8.02. The van der Waals surface area contributed by atoms with Gasteiger partial charge in [0.1, 0.15) is 6.04 Å². The van der Waals surface area contributed by atoms with E-state index >= 15 is 0 Å². The lowest BCUT2D eigenvalue weighted by molar-refractivity contribution is -0.142. The van der Waals surface area contributed by atoms with E-state index in [2.05, 4.69) is 17.6 Å². The quantitative estimate of drug-likeness (QED) is 0.443. The van der Waals surface area contributed by atoms with Crippen LogP contribution in [0.1, 0.15) is 43.4 Å². The number of para-hydroxylation sites is 1. The zero-order valence-electron chi connectivity index (χ0n) is 23.1. The highest BCUT2D eigenvalue weighted by Crippen LogP contribution is 2.68. The molecule has 0 radical (unpaired) electrons. The number of aliphatic hydroxyl groups excluding tert-OH is 1. The Balaban J connectivity index is 1.58. The Kier molecular flexibility index (Phi) is 7.80. The predicted octanol–water partition coefficient (Wildman–Crippen LogP) is 3.71. The van der Waals surface area contributed by atoms with Crippen molar-refractivity contribution in [3.05, 3.63) is 65.2 Å². The fourth-order valence-electron chi connectivity index (χ4n) is 7.16. The van der Waals surface area contributed by atoms with E-state index in [-0.39, 0.29) is 35.5 Å². The molecule has 1 spiro atoms. The van der Waals surface area contributed by atoms with Crippen molar-refractivity contribution in [3.8, 4) is 0 Å². The lowest BCUT2D eigenvalue weighted by atomic mass is 9.66. The maximum atomic E-state index is 14.4. The standard InChI is InChI=1S/C31H39N3O4S/c1-5-14-32-28(36)24-23-15-20(4)31(39-23)25(24)30(38)34(22(17-35)16-21-12-7-6-8-13-21)27(31)29(37)33-26-18(2)10-9-11-19(26)3/h6-13,20,22-25,27,35H,5,14-17H2,1-4H3,(H,32,36)(H,33,37)/t20?,22-,23+,24-,25+,27?,31?/m1/s1. The van der Waals surface area contributed by atoms with Gasteiger partial charge in [-0.25, -0.2) is 0 Å². The Labute approximate surface area is 235 Å². The summed E-state index contributed by atoms with van der Waals surface area (Å²) in [5.74, 6) is -1.56. The predicted molar refractivity (Wildman–Crippen MR) is 154 cm³/mol. The van der Waals surface area contributed by atoms with Crippen LogP contribution in [-0.2, 0) is 20.8 Å². The van der Waals surface area contributed by atoms with Crippen LogP contribution < -0.4 is 10.6 Å². The third-order valence-corrected chi connectivity index (χ3v) is 11.0. The second kappa shape index (κ2) is 11.0. The van der Waals surface area contributed by atoms with Gasteiger partial charge in [-0.1, -0.05) is 62.4 Å². The van der Waals surface area contributed by atoms with Crippen molar-refractivity contribution in [2.24, 2.45) is 17.8 Å². The number of carbonyl (C=O) groups is 3. The number of likely N-dealkylation sites (tertiary alicyclic amines) is 1. The molecular weight excluding hydrogens is 510 g/mol. The van der Waals surface area contributed by atoms with Crippen molar-refractivity contribution in [3.63, 3.8) is 0 Å². The van der Waals surface area contributed by atoms with Crippen LogP contribution in [0, 0.1) is 31.6 Å². The number of fused-ring (bicyclic) bond motifs is 1. The van der Waals surface area contributed by atoms with E-state index in [1.54, 1.807) is 16.7 Å². The second-order valence-corrected chi connectivity index (χ2v) is 12.9. The summed E-state index contributed by atoms with van der Waals surface area (Å²) in [6.07, 6.45) is 2.02. The first-order valence-electron chi connectivity index (χ1n) is 14.0. The average molecular weight is 550 g/mol. The van der Waals surface area contributed by atoms with E-state index in [0.717, 1.165) is 35.2 Å². The molecule has 0 aliphatic carbocycles. The van der Waals surface area contributed by atoms with Gasteiger partial charge in [0, 0.05) is 17.5 Å². The summed E-state index contributed by atoms with van der Waals surface area (Å²) in [5.41, 5.74) is 3.63. The van der Waals surface area contributed by atoms with Crippen molar-refractivity contribution in [1.29, 1.82) is 0 Å². The molecule has 7 nitrogen and oxygen atoms in total.